The molecule has 1 saturated heterocycles. The summed E-state index contributed by atoms with van der Waals surface area (Å²) in [6.07, 6.45) is 2.64. The lowest BCUT2D eigenvalue weighted by Gasteiger charge is -2.37. The molecule has 3 nitrogen and oxygen atoms in total. The van der Waals surface area contributed by atoms with Gasteiger partial charge in [0.15, 0.2) is 0 Å². The Morgan fingerprint density at radius 2 is 1.71 bits per heavy atom. The Balaban J connectivity index is 1.34. The van der Waals surface area contributed by atoms with E-state index in [4.69, 9.17) is 0 Å². The highest BCUT2D eigenvalue weighted by Crippen LogP contribution is 2.35. The number of rotatable bonds is 3. The largest absolute Gasteiger partial charge is 0.387 e. The van der Waals surface area contributed by atoms with Crippen LogP contribution in [0, 0.1) is 5.82 Å². The first-order valence-corrected chi connectivity index (χ1v) is 8.73. The molecule has 2 aliphatic rings. The van der Waals surface area contributed by atoms with Gasteiger partial charge in [0.05, 0.1) is 6.10 Å². The number of nitrogens with one attached hydrogen (secondary N) is 1. The number of aliphatic hydroxyl groups excluding tert-OH is 1. The number of nitrogens with zero attached hydrogens (tertiary/aromatic N) is 1. The zero-order valence-electron chi connectivity index (χ0n) is 13.7. The van der Waals surface area contributed by atoms with E-state index in [0.717, 1.165) is 43.6 Å². The number of halogens is 1. The second-order valence-corrected chi connectivity index (χ2v) is 6.88. The van der Waals surface area contributed by atoms with E-state index in [-0.39, 0.29) is 18.0 Å². The molecule has 1 aliphatic heterocycles. The van der Waals surface area contributed by atoms with Gasteiger partial charge < -0.3 is 10.4 Å². The van der Waals surface area contributed by atoms with E-state index in [1.54, 1.807) is 12.1 Å². The Morgan fingerprint density at radius 1 is 1.00 bits per heavy atom. The van der Waals surface area contributed by atoms with Crippen LogP contribution in [0.3, 0.4) is 0 Å². The lowest BCUT2D eigenvalue weighted by molar-refractivity contribution is 0.0474. The van der Waals surface area contributed by atoms with Crippen molar-refractivity contribution in [3.8, 4) is 0 Å². The van der Waals surface area contributed by atoms with Gasteiger partial charge >= 0.3 is 0 Å². The molecule has 2 aromatic carbocycles. The van der Waals surface area contributed by atoms with Crippen LogP contribution in [-0.2, 0) is 6.42 Å². The number of hydrogen-bond donors (Lipinski definition) is 2. The van der Waals surface area contributed by atoms with Crippen LogP contribution in [0.2, 0.25) is 0 Å². The number of likely N-dealkylation sites (tertiary alicyclic amines) is 1. The highest BCUT2D eigenvalue weighted by molar-refractivity contribution is 5.44. The summed E-state index contributed by atoms with van der Waals surface area (Å²) in [5.41, 5.74) is 3.35. The minimum absolute atomic E-state index is 0.203. The maximum atomic E-state index is 13.0. The van der Waals surface area contributed by atoms with Gasteiger partial charge in [0.25, 0.3) is 0 Å². The molecule has 4 heteroatoms. The van der Waals surface area contributed by atoms with Crippen molar-refractivity contribution in [2.75, 3.05) is 18.4 Å². The summed E-state index contributed by atoms with van der Waals surface area (Å²) in [5.74, 6) is -0.204. The number of fused-ring (bicyclic) bond motifs is 1. The second kappa shape index (κ2) is 6.54. The summed E-state index contributed by atoms with van der Waals surface area (Å²) in [4.78, 5) is 2.42. The Labute approximate surface area is 142 Å². The van der Waals surface area contributed by atoms with E-state index in [1.807, 2.05) is 18.2 Å². The topological polar surface area (TPSA) is 35.5 Å². The summed E-state index contributed by atoms with van der Waals surface area (Å²) in [6, 6.07) is 15.4. The fraction of sp³-hybridized carbons (Fsp3) is 0.400. The smallest absolute Gasteiger partial charge is 0.123 e. The molecule has 126 valence electrons. The van der Waals surface area contributed by atoms with E-state index < -0.39 is 0 Å². The molecule has 2 aromatic rings. The molecule has 0 amide bonds. The molecule has 0 radical (unpaired) electrons. The normalized spacial score (nSPS) is 24.8. The van der Waals surface area contributed by atoms with Crippen LogP contribution in [0.15, 0.2) is 48.5 Å². The zero-order chi connectivity index (χ0) is 16.5. The van der Waals surface area contributed by atoms with Gasteiger partial charge in [0.2, 0.25) is 0 Å². The first kappa shape index (κ1) is 15.6. The van der Waals surface area contributed by atoms with Crippen LogP contribution in [0.4, 0.5) is 10.1 Å². The van der Waals surface area contributed by atoms with Gasteiger partial charge in [-0.15, -0.1) is 0 Å². The van der Waals surface area contributed by atoms with Crippen molar-refractivity contribution in [3.63, 3.8) is 0 Å². The third kappa shape index (κ3) is 3.04. The molecule has 1 aliphatic carbocycles. The number of anilines is 1. The van der Waals surface area contributed by atoms with E-state index in [9.17, 15) is 9.50 Å². The fourth-order valence-electron chi connectivity index (χ4n) is 4.04. The van der Waals surface area contributed by atoms with Crippen LogP contribution >= 0.6 is 0 Å². The monoisotopic (exact) mass is 326 g/mol. The summed E-state index contributed by atoms with van der Waals surface area (Å²) < 4.78 is 13.0. The number of benzene rings is 2. The standard InChI is InChI=1S/C20H23FN2O/c21-15-5-7-16(8-6-15)22-17-9-11-23(12-10-17)19-13-14-3-1-2-4-18(14)20(19)24/h1-8,17,19-20,22,24H,9-13H2. The van der Waals surface area contributed by atoms with Crippen molar-refractivity contribution in [1.29, 1.82) is 0 Å². The third-order valence-electron chi connectivity index (χ3n) is 5.38. The first-order valence-electron chi connectivity index (χ1n) is 8.73. The minimum Gasteiger partial charge on any atom is -0.387 e. The van der Waals surface area contributed by atoms with E-state index in [1.165, 1.54) is 17.7 Å². The predicted octanol–water partition coefficient (Wildman–Crippen LogP) is 3.36. The molecule has 2 N–H and O–H groups in total. The Hall–Kier alpha value is -1.91. The lowest BCUT2D eigenvalue weighted by atomic mass is 10.0. The molecule has 0 saturated carbocycles. The molecule has 24 heavy (non-hydrogen) atoms. The zero-order valence-corrected chi connectivity index (χ0v) is 13.7. The Morgan fingerprint density at radius 3 is 2.42 bits per heavy atom. The summed E-state index contributed by atoms with van der Waals surface area (Å²) in [6.45, 7) is 1.96. The van der Waals surface area contributed by atoms with Gasteiger partial charge in [-0.1, -0.05) is 24.3 Å². The van der Waals surface area contributed by atoms with Crippen LogP contribution in [0.5, 0.6) is 0 Å². The maximum absolute atomic E-state index is 13.0. The molecule has 0 spiro atoms. The van der Waals surface area contributed by atoms with E-state index in [2.05, 4.69) is 16.3 Å². The van der Waals surface area contributed by atoms with Crippen LogP contribution in [-0.4, -0.2) is 35.2 Å². The number of aliphatic hydroxyl groups is 1. The lowest BCUT2D eigenvalue weighted by Crippen LogP contribution is -2.46. The average molecular weight is 326 g/mol. The first-order chi connectivity index (χ1) is 11.7. The molecule has 0 aromatic heterocycles. The Bertz CT molecular complexity index is 695. The van der Waals surface area contributed by atoms with E-state index in [0.29, 0.717) is 6.04 Å². The number of piperidine rings is 1. The van der Waals surface area contributed by atoms with Crippen molar-refractivity contribution in [3.05, 3.63) is 65.5 Å². The molecule has 4 rings (SSSR count). The van der Waals surface area contributed by atoms with Gasteiger partial charge in [-0.3, -0.25) is 4.90 Å². The van der Waals surface area contributed by atoms with Gasteiger partial charge in [-0.05, 0) is 54.7 Å². The Kier molecular flexibility index (Phi) is 4.25. The molecular formula is C20H23FN2O. The molecule has 2 unspecified atom stereocenters. The minimum atomic E-state index is -0.372. The molecule has 2 atom stereocenters. The van der Waals surface area contributed by atoms with Gasteiger partial charge in [0, 0.05) is 30.9 Å². The van der Waals surface area contributed by atoms with Crippen molar-refractivity contribution in [2.24, 2.45) is 0 Å². The summed E-state index contributed by atoms with van der Waals surface area (Å²) >= 11 is 0. The number of hydrogen-bond acceptors (Lipinski definition) is 3. The highest BCUT2D eigenvalue weighted by Gasteiger charge is 2.36. The van der Waals surface area contributed by atoms with Crippen LogP contribution < -0.4 is 5.32 Å². The summed E-state index contributed by atoms with van der Waals surface area (Å²) in [7, 11) is 0. The molecule has 1 fully saturated rings. The van der Waals surface area contributed by atoms with Crippen LogP contribution in [0.1, 0.15) is 30.1 Å². The average Bonchev–Trinajstić information content (AvgIpc) is 2.95. The SMILES string of the molecule is OC1c2ccccc2CC1N1CCC(Nc2ccc(F)cc2)CC1. The fourth-order valence-corrected chi connectivity index (χ4v) is 4.04. The molecule has 1 heterocycles. The van der Waals surface area contributed by atoms with Gasteiger partial charge in [-0.25, -0.2) is 4.39 Å². The van der Waals surface area contributed by atoms with Crippen molar-refractivity contribution in [2.45, 2.75) is 37.5 Å². The summed E-state index contributed by atoms with van der Waals surface area (Å²) in [5, 5.41) is 14.1. The maximum Gasteiger partial charge on any atom is 0.123 e. The van der Waals surface area contributed by atoms with Crippen molar-refractivity contribution in [1.82, 2.24) is 4.90 Å². The van der Waals surface area contributed by atoms with Crippen molar-refractivity contribution >= 4 is 5.69 Å². The third-order valence-corrected chi connectivity index (χ3v) is 5.38. The molecular weight excluding hydrogens is 303 g/mol. The molecule has 0 bridgehead atoms. The predicted molar refractivity (Wildman–Crippen MR) is 93.5 cm³/mol. The van der Waals surface area contributed by atoms with Crippen LogP contribution in [0.25, 0.3) is 0 Å². The highest BCUT2D eigenvalue weighted by atomic mass is 19.1. The van der Waals surface area contributed by atoms with Crippen molar-refractivity contribution < 1.29 is 9.50 Å². The second-order valence-electron chi connectivity index (χ2n) is 6.88. The van der Waals surface area contributed by atoms with E-state index >= 15 is 0 Å². The quantitative estimate of drug-likeness (QED) is 0.908. The van der Waals surface area contributed by atoms with Gasteiger partial charge in [0.1, 0.15) is 5.82 Å². The van der Waals surface area contributed by atoms with Gasteiger partial charge in [-0.2, -0.15) is 0 Å².